The van der Waals surface area contributed by atoms with E-state index in [-0.39, 0.29) is 11.9 Å². The van der Waals surface area contributed by atoms with Crippen LogP contribution in [0.5, 0.6) is 0 Å². The number of carbonyl (C=O) groups excluding carboxylic acids is 1. The van der Waals surface area contributed by atoms with Crippen LogP contribution in [0.25, 0.3) is 0 Å². The molecule has 0 radical (unpaired) electrons. The highest BCUT2D eigenvalue weighted by atomic mass is 35.5. The fourth-order valence-electron chi connectivity index (χ4n) is 2.67. The molecule has 8 heteroatoms. The molecule has 2 aromatic heterocycles. The van der Waals surface area contributed by atoms with E-state index in [2.05, 4.69) is 15.0 Å². The third-order valence-corrected chi connectivity index (χ3v) is 4.16. The summed E-state index contributed by atoms with van der Waals surface area (Å²) in [5.41, 5.74) is 0.579. The van der Waals surface area contributed by atoms with E-state index in [0.29, 0.717) is 35.5 Å². The Morgan fingerprint density at radius 3 is 2.77 bits per heavy atom. The number of amides is 1. The van der Waals surface area contributed by atoms with Crippen LogP contribution in [0, 0.1) is 6.92 Å². The summed E-state index contributed by atoms with van der Waals surface area (Å²) in [5, 5.41) is 4.39. The molecule has 118 valence electrons. The highest BCUT2D eigenvalue weighted by molar-refractivity contribution is 6.31. The molecule has 0 unspecified atom stereocenters. The lowest BCUT2D eigenvalue weighted by Crippen LogP contribution is -2.49. The molecule has 0 aromatic carbocycles. The van der Waals surface area contributed by atoms with E-state index in [1.807, 2.05) is 14.1 Å². The van der Waals surface area contributed by atoms with Gasteiger partial charge in [-0.3, -0.25) is 9.69 Å². The van der Waals surface area contributed by atoms with Gasteiger partial charge in [-0.25, -0.2) is 0 Å². The molecule has 22 heavy (non-hydrogen) atoms. The average molecular weight is 324 g/mol. The number of halogens is 1. The molecule has 0 N–H and O–H groups in total. The largest absolute Gasteiger partial charge is 0.345 e. The monoisotopic (exact) mass is 323 g/mol. The number of aromatic nitrogens is 3. The highest BCUT2D eigenvalue weighted by Crippen LogP contribution is 2.24. The zero-order chi connectivity index (χ0) is 15.9. The maximum Gasteiger partial charge on any atom is 0.270 e. The molecule has 0 aliphatic carbocycles. The van der Waals surface area contributed by atoms with Crippen LogP contribution in [0.15, 0.2) is 16.8 Å². The van der Waals surface area contributed by atoms with Gasteiger partial charge in [-0.2, -0.15) is 4.98 Å². The normalized spacial score (nSPS) is 19.6. The van der Waals surface area contributed by atoms with Crippen LogP contribution < -0.4 is 0 Å². The molecular formula is C14H18ClN5O2. The summed E-state index contributed by atoms with van der Waals surface area (Å²) in [7, 11) is 3.80. The molecular weight excluding hydrogens is 306 g/mol. The van der Waals surface area contributed by atoms with E-state index < -0.39 is 0 Å². The van der Waals surface area contributed by atoms with Crippen molar-refractivity contribution < 1.29 is 9.32 Å². The smallest absolute Gasteiger partial charge is 0.270 e. The number of hydrogen-bond donors (Lipinski definition) is 0. The maximum absolute atomic E-state index is 12.7. The Kier molecular flexibility index (Phi) is 3.92. The van der Waals surface area contributed by atoms with Crippen LogP contribution in [-0.2, 0) is 7.05 Å². The summed E-state index contributed by atoms with van der Waals surface area (Å²) >= 11 is 5.97. The average Bonchev–Trinajstić information content (AvgIpc) is 3.04. The van der Waals surface area contributed by atoms with E-state index >= 15 is 0 Å². The molecule has 3 heterocycles. The van der Waals surface area contributed by atoms with Crippen LogP contribution in [-0.4, -0.2) is 57.1 Å². The van der Waals surface area contributed by atoms with Gasteiger partial charge in [0.15, 0.2) is 5.82 Å². The lowest BCUT2D eigenvalue weighted by Gasteiger charge is -2.37. The Bertz CT molecular complexity index is 695. The zero-order valence-electron chi connectivity index (χ0n) is 12.8. The SMILES string of the molecule is Cc1noc([C@H]2CN(C(=O)c3cc(Cl)cn3C)CCN2C)n1. The Hall–Kier alpha value is -1.86. The van der Waals surface area contributed by atoms with E-state index in [0.717, 1.165) is 6.54 Å². The van der Waals surface area contributed by atoms with Crippen molar-refractivity contribution in [3.8, 4) is 0 Å². The first-order chi connectivity index (χ1) is 10.5. The summed E-state index contributed by atoms with van der Waals surface area (Å²) in [6, 6.07) is 1.60. The second-order valence-electron chi connectivity index (χ2n) is 5.58. The maximum atomic E-state index is 12.7. The zero-order valence-corrected chi connectivity index (χ0v) is 13.5. The molecule has 7 nitrogen and oxygen atoms in total. The summed E-state index contributed by atoms with van der Waals surface area (Å²) in [6.07, 6.45) is 1.73. The van der Waals surface area contributed by atoms with Crippen LogP contribution in [0.1, 0.15) is 28.2 Å². The van der Waals surface area contributed by atoms with Gasteiger partial charge in [0.2, 0.25) is 5.89 Å². The van der Waals surface area contributed by atoms with Crippen LogP contribution in [0.2, 0.25) is 5.02 Å². The minimum atomic E-state index is -0.0883. The minimum absolute atomic E-state index is 0.0382. The Morgan fingerprint density at radius 1 is 1.41 bits per heavy atom. The number of hydrogen-bond acceptors (Lipinski definition) is 5. The molecule has 2 aromatic rings. The van der Waals surface area contributed by atoms with E-state index in [4.69, 9.17) is 16.1 Å². The number of piperazine rings is 1. The van der Waals surface area contributed by atoms with Crippen molar-refractivity contribution in [3.63, 3.8) is 0 Å². The fraction of sp³-hybridized carbons (Fsp3) is 0.500. The van der Waals surface area contributed by atoms with Crippen molar-refractivity contribution in [1.29, 1.82) is 0 Å². The molecule has 0 saturated carbocycles. The Labute approximate surface area is 133 Å². The summed E-state index contributed by atoms with van der Waals surface area (Å²) in [6.45, 7) is 3.70. The van der Waals surface area contributed by atoms with Crippen molar-refractivity contribution in [3.05, 3.63) is 34.7 Å². The molecule has 1 saturated heterocycles. The Balaban J connectivity index is 1.81. The number of aryl methyl sites for hydroxylation is 2. The van der Waals surface area contributed by atoms with Gasteiger partial charge in [0, 0.05) is 32.9 Å². The molecule has 1 aliphatic rings. The number of carbonyl (C=O) groups is 1. The first-order valence-corrected chi connectivity index (χ1v) is 7.45. The first kappa shape index (κ1) is 15.1. The van der Waals surface area contributed by atoms with Crippen LogP contribution >= 0.6 is 11.6 Å². The van der Waals surface area contributed by atoms with Crippen molar-refractivity contribution in [2.75, 3.05) is 26.7 Å². The molecule has 1 atom stereocenters. The van der Waals surface area contributed by atoms with Gasteiger partial charge in [-0.05, 0) is 20.0 Å². The third kappa shape index (κ3) is 2.74. The second kappa shape index (κ2) is 5.73. The van der Waals surface area contributed by atoms with Gasteiger partial charge in [-0.15, -0.1) is 0 Å². The molecule has 1 fully saturated rings. The van der Waals surface area contributed by atoms with Gasteiger partial charge in [0.1, 0.15) is 11.7 Å². The van der Waals surface area contributed by atoms with Gasteiger partial charge in [-0.1, -0.05) is 16.8 Å². The highest BCUT2D eigenvalue weighted by Gasteiger charge is 2.33. The van der Waals surface area contributed by atoms with Gasteiger partial charge >= 0.3 is 0 Å². The fourth-order valence-corrected chi connectivity index (χ4v) is 2.92. The summed E-state index contributed by atoms with van der Waals surface area (Å²) in [4.78, 5) is 20.9. The van der Waals surface area contributed by atoms with Crippen molar-refractivity contribution >= 4 is 17.5 Å². The standard InChI is InChI=1S/C14H18ClN5O2/c1-9-16-13(22-17-9)12-8-20(5-4-18(12)2)14(21)11-6-10(15)7-19(11)3/h6-7,12H,4-5,8H2,1-3H3/t12-/m1/s1. The van der Waals surface area contributed by atoms with Crippen LogP contribution in [0.3, 0.4) is 0 Å². The predicted octanol–water partition coefficient (Wildman–Crippen LogP) is 1.50. The van der Waals surface area contributed by atoms with Crippen LogP contribution in [0.4, 0.5) is 0 Å². The third-order valence-electron chi connectivity index (χ3n) is 3.95. The van der Waals surface area contributed by atoms with Crippen molar-refractivity contribution in [2.45, 2.75) is 13.0 Å². The van der Waals surface area contributed by atoms with E-state index in [9.17, 15) is 4.79 Å². The van der Waals surface area contributed by atoms with E-state index in [1.165, 1.54) is 0 Å². The second-order valence-corrected chi connectivity index (χ2v) is 6.02. The summed E-state index contributed by atoms with van der Waals surface area (Å²) < 4.78 is 7.01. The number of likely N-dealkylation sites (N-methyl/N-ethyl adjacent to an activating group) is 1. The summed E-state index contributed by atoms with van der Waals surface area (Å²) in [5.74, 6) is 1.10. The minimum Gasteiger partial charge on any atom is -0.345 e. The molecule has 1 aliphatic heterocycles. The van der Waals surface area contributed by atoms with Gasteiger partial charge in [0.05, 0.1) is 5.02 Å². The van der Waals surface area contributed by atoms with Crippen molar-refractivity contribution in [2.24, 2.45) is 7.05 Å². The number of nitrogens with zero attached hydrogens (tertiary/aromatic N) is 5. The molecule has 0 spiro atoms. The van der Waals surface area contributed by atoms with Crippen molar-refractivity contribution in [1.82, 2.24) is 24.5 Å². The lowest BCUT2D eigenvalue weighted by molar-refractivity contribution is 0.0480. The predicted molar refractivity (Wildman–Crippen MR) is 80.7 cm³/mol. The molecule has 1 amide bonds. The van der Waals surface area contributed by atoms with Gasteiger partial charge < -0.3 is 14.0 Å². The van der Waals surface area contributed by atoms with E-state index in [1.54, 1.807) is 28.7 Å². The first-order valence-electron chi connectivity index (χ1n) is 7.07. The topological polar surface area (TPSA) is 67.4 Å². The van der Waals surface area contributed by atoms with Gasteiger partial charge in [0.25, 0.3) is 5.91 Å². The quantitative estimate of drug-likeness (QED) is 0.838. The lowest BCUT2D eigenvalue weighted by atomic mass is 10.1. The molecule has 3 rings (SSSR count). The molecule has 0 bridgehead atoms. The Morgan fingerprint density at radius 2 is 2.18 bits per heavy atom. The number of rotatable bonds is 2.